The van der Waals surface area contributed by atoms with Gasteiger partial charge in [0, 0.05) is 6.07 Å². The molecule has 0 unspecified atom stereocenters. The third-order valence-corrected chi connectivity index (χ3v) is 2.18. The van der Waals surface area contributed by atoms with Crippen LogP contribution in [0.1, 0.15) is 5.56 Å². The minimum absolute atomic E-state index is 0.726. The molecule has 0 fully saturated rings. The summed E-state index contributed by atoms with van der Waals surface area (Å²) in [7, 11) is 0. The maximum Gasteiger partial charge on any atom is 0.379 e. The van der Waals surface area contributed by atoms with Gasteiger partial charge in [0.25, 0.3) is 5.69 Å². The molecule has 1 aromatic carbocycles. The van der Waals surface area contributed by atoms with E-state index in [1.54, 1.807) is 0 Å². The molecule has 1 N–H and O–H groups in total. The molecule has 0 aliphatic heterocycles. The van der Waals surface area contributed by atoms with E-state index in [0.717, 1.165) is 18.2 Å². The average Bonchev–Trinajstić information content (AvgIpc) is 2.16. The lowest BCUT2D eigenvalue weighted by Crippen LogP contribution is -2.25. The Balaban J connectivity index is 3.42. The predicted octanol–water partition coefficient (Wildman–Crippen LogP) is 2.42. The monoisotopic (exact) mass is 251 g/mol. The second kappa shape index (κ2) is 4.01. The lowest BCUT2D eigenvalue weighted by Gasteiger charge is -2.12. The van der Waals surface area contributed by atoms with Gasteiger partial charge >= 0.3 is 11.9 Å². The highest BCUT2D eigenvalue weighted by Gasteiger charge is 2.44. The molecule has 0 aromatic heterocycles. The molecule has 8 heteroatoms. The normalized spacial score (nSPS) is 11.2. The molecule has 0 saturated carbocycles. The molecule has 1 rings (SSSR count). The molecule has 86 valence electrons. The molecular weight excluding hydrogens is 248 g/mol. The number of hydrogen-bond acceptors (Lipinski definition) is 3. The molecular formula is C8H4ClF2NO4. The van der Waals surface area contributed by atoms with Crippen molar-refractivity contribution in [2.45, 2.75) is 5.92 Å². The van der Waals surface area contributed by atoms with E-state index in [1.165, 1.54) is 0 Å². The number of carboxylic acids is 1. The summed E-state index contributed by atoms with van der Waals surface area (Å²) in [4.78, 5) is 19.7. The minimum atomic E-state index is -4.26. The Kier molecular flexibility index (Phi) is 3.09. The number of hydrogen-bond donors (Lipinski definition) is 1. The van der Waals surface area contributed by atoms with E-state index in [-0.39, 0.29) is 0 Å². The van der Waals surface area contributed by atoms with Crippen molar-refractivity contribution in [2.75, 3.05) is 0 Å². The Labute approximate surface area is 92.4 Å². The molecule has 0 heterocycles. The van der Waals surface area contributed by atoms with Crippen LogP contribution in [-0.4, -0.2) is 16.0 Å². The van der Waals surface area contributed by atoms with Crippen molar-refractivity contribution in [1.82, 2.24) is 0 Å². The molecule has 0 spiro atoms. The van der Waals surface area contributed by atoms with Crippen LogP contribution < -0.4 is 0 Å². The van der Waals surface area contributed by atoms with Crippen LogP contribution in [0.25, 0.3) is 0 Å². The van der Waals surface area contributed by atoms with Gasteiger partial charge in [0.05, 0.1) is 10.5 Å². The van der Waals surface area contributed by atoms with Gasteiger partial charge in [-0.15, -0.1) is 0 Å². The van der Waals surface area contributed by atoms with Crippen LogP contribution in [0.15, 0.2) is 18.2 Å². The highest BCUT2D eigenvalue weighted by atomic mass is 35.5. The molecule has 0 aliphatic rings. The number of nitrogens with zero attached hydrogens (tertiary/aromatic N) is 1. The van der Waals surface area contributed by atoms with E-state index < -0.39 is 33.1 Å². The van der Waals surface area contributed by atoms with Gasteiger partial charge in [0.2, 0.25) is 0 Å². The molecule has 0 radical (unpaired) electrons. The summed E-state index contributed by atoms with van der Waals surface area (Å²) in [5.74, 6) is -6.68. The van der Waals surface area contributed by atoms with Crippen molar-refractivity contribution in [3.63, 3.8) is 0 Å². The summed E-state index contributed by atoms with van der Waals surface area (Å²) in [5.41, 5.74) is -1.86. The van der Waals surface area contributed by atoms with Gasteiger partial charge in [-0.1, -0.05) is 23.7 Å². The quantitative estimate of drug-likeness (QED) is 0.661. The number of halogens is 3. The van der Waals surface area contributed by atoms with E-state index in [0.29, 0.717) is 0 Å². The number of benzene rings is 1. The van der Waals surface area contributed by atoms with Gasteiger partial charge < -0.3 is 5.11 Å². The lowest BCUT2D eigenvalue weighted by molar-refractivity contribution is -0.384. The third-order valence-electron chi connectivity index (χ3n) is 1.78. The van der Waals surface area contributed by atoms with E-state index in [4.69, 9.17) is 16.7 Å². The first kappa shape index (κ1) is 12.3. The van der Waals surface area contributed by atoms with Crippen LogP contribution in [0.4, 0.5) is 14.5 Å². The summed E-state index contributed by atoms with van der Waals surface area (Å²) in [6.45, 7) is 0. The second-order valence-corrected chi connectivity index (χ2v) is 3.15. The van der Waals surface area contributed by atoms with Crippen LogP contribution in [-0.2, 0) is 10.7 Å². The summed E-state index contributed by atoms with van der Waals surface area (Å²) in [6, 6.07) is 2.57. The van der Waals surface area contributed by atoms with Gasteiger partial charge in [0.1, 0.15) is 5.02 Å². The summed E-state index contributed by atoms with van der Waals surface area (Å²) >= 11 is 5.35. The van der Waals surface area contributed by atoms with E-state index in [9.17, 15) is 23.7 Å². The SMILES string of the molecule is O=C(O)C(F)(F)c1cccc([N+](=O)[O-])c1Cl. The zero-order valence-corrected chi connectivity index (χ0v) is 8.24. The second-order valence-electron chi connectivity index (χ2n) is 2.78. The van der Waals surface area contributed by atoms with E-state index in [2.05, 4.69) is 0 Å². The summed E-state index contributed by atoms with van der Waals surface area (Å²) < 4.78 is 26.2. The van der Waals surface area contributed by atoms with Crippen molar-refractivity contribution < 1.29 is 23.6 Å². The molecule has 5 nitrogen and oxygen atoms in total. The fraction of sp³-hybridized carbons (Fsp3) is 0.125. The largest absolute Gasteiger partial charge is 0.477 e. The highest BCUT2D eigenvalue weighted by Crippen LogP contribution is 2.38. The Bertz CT molecular complexity index is 463. The van der Waals surface area contributed by atoms with Gasteiger partial charge in [-0.25, -0.2) is 4.79 Å². The number of alkyl halides is 2. The van der Waals surface area contributed by atoms with Gasteiger partial charge in [-0.2, -0.15) is 8.78 Å². The van der Waals surface area contributed by atoms with Crippen molar-refractivity contribution in [3.05, 3.63) is 38.9 Å². The molecule has 0 saturated heterocycles. The van der Waals surface area contributed by atoms with Crippen LogP contribution in [0.2, 0.25) is 5.02 Å². The molecule has 1 aromatic rings. The van der Waals surface area contributed by atoms with Crippen molar-refractivity contribution in [2.24, 2.45) is 0 Å². The zero-order valence-electron chi connectivity index (χ0n) is 7.49. The first-order valence-corrected chi connectivity index (χ1v) is 4.21. The number of rotatable bonds is 3. The number of carbonyl (C=O) groups is 1. The molecule has 0 atom stereocenters. The van der Waals surface area contributed by atoms with Gasteiger partial charge in [-0.05, 0) is 0 Å². The first-order chi connectivity index (χ1) is 7.28. The molecule has 16 heavy (non-hydrogen) atoms. The Morgan fingerprint density at radius 2 is 2.06 bits per heavy atom. The average molecular weight is 252 g/mol. The topological polar surface area (TPSA) is 80.4 Å². The Morgan fingerprint density at radius 3 is 2.50 bits per heavy atom. The fourth-order valence-corrected chi connectivity index (χ4v) is 1.33. The molecule has 0 bridgehead atoms. The third kappa shape index (κ3) is 1.94. The zero-order chi connectivity index (χ0) is 12.5. The fourth-order valence-electron chi connectivity index (χ4n) is 1.02. The highest BCUT2D eigenvalue weighted by molar-refractivity contribution is 6.33. The van der Waals surface area contributed by atoms with E-state index >= 15 is 0 Å². The number of nitro benzene ring substituents is 1. The van der Waals surface area contributed by atoms with E-state index in [1.807, 2.05) is 0 Å². The molecule has 0 aliphatic carbocycles. The van der Waals surface area contributed by atoms with Crippen molar-refractivity contribution in [3.8, 4) is 0 Å². The standard InChI is InChI=1S/C8H4ClF2NO4/c9-6-4(8(10,11)7(13)14)2-1-3-5(6)12(15)16/h1-3H,(H,13,14). The summed E-state index contributed by atoms with van der Waals surface area (Å²) in [5, 5.41) is 17.8. The Hall–Kier alpha value is -1.76. The van der Waals surface area contributed by atoms with Crippen LogP contribution >= 0.6 is 11.6 Å². The Morgan fingerprint density at radius 1 is 1.50 bits per heavy atom. The maximum absolute atomic E-state index is 13.1. The van der Waals surface area contributed by atoms with Gasteiger partial charge in [0.15, 0.2) is 0 Å². The molecule has 0 amide bonds. The minimum Gasteiger partial charge on any atom is -0.477 e. The summed E-state index contributed by atoms with van der Waals surface area (Å²) in [6.07, 6.45) is 0. The van der Waals surface area contributed by atoms with Crippen LogP contribution in [0.5, 0.6) is 0 Å². The smallest absolute Gasteiger partial charge is 0.379 e. The predicted molar refractivity (Wildman–Crippen MR) is 49.6 cm³/mol. The lowest BCUT2D eigenvalue weighted by atomic mass is 10.1. The van der Waals surface area contributed by atoms with Gasteiger partial charge in [-0.3, -0.25) is 10.1 Å². The van der Waals surface area contributed by atoms with Crippen molar-refractivity contribution in [1.29, 1.82) is 0 Å². The van der Waals surface area contributed by atoms with Crippen LogP contribution in [0, 0.1) is 10.1 Å². The maximum atomic E-state index is 13.1. The number of nitro groups is 1. The number of aliphatic carboxylic acids is 1. The first-order valence-electron chi connectivity index (χ1n) is 3.83. The van der Waals surface area contributed by atoms with Crippen LogP contribution in [0.3, 0.4) is 0 Å². The number of carboxylic acid groups (broad SMARTS) is 1. The van der Waals surface area contributed by atoms with Crippen molar-refractivity contribution >= 4 is 23.3 Å².